The number of amides is 1. The third kappa shape index (κ3) is 4.93. The number of nitrogens with zero attached hydrogens (tertiary/aromatic N) is 1. The van der Waals surface area contributed by atoms with E-state index in [1.807, 2.05) is 0 Å². The number of sulfone groups is 1. The Balaban J connectivity index is 1.95. The molecule has 2 saturated heterocycles. The van der Waals surface area contributed by atoms with Crippen LogP contribution in [0.1, 0.15) is 25.7 Å². The molecule has 1 amide bonds. The molecule has 0 aromatic rings. The molecular formula is C14H26N2O4S. The second-order valence-electron chi connectivity index (χ2n) is 6.03. The highest BCUT2D eigenvalue weighted by Crippen LogP contribution is 2.22. The van der Waals surface area contributed by atoms with Gasteiger partial charge in [0.2, 0.25) is 5.91 Å². The Morgan fingerprint density at radius 2 is 2.00 bits per heavy atom. The predicted octanol–water partition coefficient (Wildman–Crippen LogP) is 0.0382. The van der Waals surface area contributed by atoms with Gasteiger partial charge in [-0.2, -0.15) is 0 Å². The molecular weight excluding hydrogens is 292 g/mol. The zero-order valence-electron chi connectivity index (χ0n) is 12.7. The zero-order chi connectivity index (χ0) is 15.3. The molecule has 0 aromatic carbocycles. The maximum atomic E-state index is 12.6. The van der Waals surface area contributed by atoms with Crippen LogP contribution >= 0.6 is 0 Å². The summed E-state index contributed by atoms with van der Waals surface area (Å²) in [6.07, 6.45) is 3.13. The molecule has 2 aliphatic rings. The van der Waals surface area contributed by atoms with Crippen molar-refractivity contribution in [3.63, 3.8) is 0 Å². The molecule has 0 bridgehead atoms. The van der Waals surface area contributed by atoms with Gasteiger partial charge in [0.25, 0.3) is 0 Å². The van der Waals surface area contributed by atoms with Crippen LogP contribution in [0.2, 0.25) is 0 Å². The van der Waals surface area contributed by atoms with E-state index in [1.165, 1.54) is 0 Å². The van der Waals surface area contributed by atoms with Crippen molar-refractivity contribution in [2.45, 2.75) is 31.7 Å². The van der Waals surface area contributed by atoms with Crippen LogP contribution < -0.4 is 5.32 Å². The average molecular weight is 318 g/mol. The first-order valence-corrected chi connectivity index (χ1v) is 9.53. The molecule has 122 valence electrons. The highest BCUT2D eigenvalue weighted by Gasteiger charge is 2.35. The molecule has 0 saturated carbocycles. The van der Waals surface area contributed by atoms with Gasteiger partial charge in [0.05, 0.1) is 18.1 Å². The molecule has 1 unspecified atom stereocenters. The lowest BCUT2D eigenvalue weighted by molar-refractivity contribution is -0.135. The van der Waals surface area contributed by atoms with Crippen LogP contribution in [0, 0.1) is 5.92 Å². The van der Waals surface area contributed by atoms with E-state index < -0.39 is 9.84 Å². The van der Waals surface area contributed by atoms with Gasteiger partial charge in [-0.15, -0.1) is 0 Å². The largest absolute Gasteiger partial charge is 0.383 e. The fraction of sp³-hybridized carbons (Fsp3) is 0.929. The summed E-state index contributed by atoms with van der Waals surface area (Å²) in [5.41, 5.74) is 0. The van der Waals surface area contributed by atoms with Gasteiger partial charge in [-0.05, 0) is 38.3 Å². The minimum Gasteiger partial charge on any atom is -0.383 e. The summed E-state index contributed by atoms with van der Waals surface area (Å²) in [6.45, 7) is 2.87. The van der Waals surface area contributed by atoms with Crippen molar-refractivity contribution in [2.75, 3.05) is 44.9 Å². The Hall–Kier alpha value is -0.660. The zero-order valence-corrected chi connectivity index (χ0v) is 13.5. The van der Waals surface area contributed by atoms with E-state index in [0.717, 1.165) is 25.9 Å². The van der Waals surface area contributed by atoms with Gasteiger partial charge in [-0.25, -0.2) is 8.42 Å². The number of carbonyl (C=O) groups is 1. The predicted molar refractivity (Wildman–Crippen MR) is 80.9 cm³/mol. The molecule has 2 rings (SSSR count). The summed E-state index contributed by atoms with van der Waals surface area (Å²) < 4.78 is 28.4. The summed E-state index contributed by atoms with van der Waals surface area (Å²) in [6, 6.07) is -0.167. The van der Waals surface area contributed by atoms with E-state index >= 15 is 0 Å². The number of carbonyl (C=O) groups excluding carboxylic acids is 1. The topological polar surface area (TPSA) is 75.7 Å². The van der Waals surface area contributed by atoms with Crippen molar-refractivity contribution in [2.24, 2.45) is 5.92 Å². The first kappa shape index (κ1) is 16.7. The van der Waals surface area contributed by atoms with Gasteiger partial charge >= 0.3 is 0 Å². The van der Waals surface area contributed by atoms with Gasteiger partial charge < -0.3 is 15.0 Å². The number of hydrogen-bond donors (Lipinski definition) is 1. The summed E-state index contributed by atoms with van der Waals surface area (Å²) in [7, 11) is -1.38. The molecule has 0 aliphatic carbocycles. The van der Waals surface area contributed by atoms with E-state index in [1.54, 1.807) is 12.0 Å². The van der Waals surface area contributed by atoms with Gasteiger partial charge in [0.1, 0.15) is 0 Å². The summed E-state index contributed by atoms with van der Waals surface area (Å²) in [4.78, 5) is 14.3. The lowest BCUT2D eigenvalue weighted by Crippen LogP contribution is -2.44. The number of hydrogen-bond acceptors (Lipinski definition) is 5. The van der Waals surface area contributed by atoms with Crippen LogP contribution in [-0.2, 0) is 19.4 Å². The second-order valence-corrected chi connectivity index (χ2v) is 8.26. The SMILES string of the molecule is COCCN(C(=O)CC1CCNCC1)C1CCS(=O)(=O)C1. The van der Waals surface area contributed by atoms with Crippen LogP contribution in [0.25, 0.3) is 0 Å². The maximum absolute atomic E-state index is 12.6. The number of rotatable bonds is 6. The minimum atomic E-state index is -2.98. The molecule has 6 nitrogen and oxygen atoms in total. The smallest absolute Gasteiger partial charge is 0.223 e. The highest BCUT2D eigenvalue weighted by atomic mass is 32.2. The summed E-state index contributed by atoms with van der Waals surface area (Å²) in [5, 5.41) is 3.29. The van der Waals surface area contributed by atoms with Crippen LogP contribution in [-0.4, -0.2) is 70.1 Å². The first-order valence-electron chi connectivity index (χ1n) is 7.71. The maximum Gasteiger partial charge on any atom is 0.223 e. The first-order chi connectivity index (χ1) is 10.0. The van der Waals surface area contributed by atoms with E-state index in [2.05, 4.69) is 5.32 Å². The van der Waals surface area contributed by atoms with E-state index in [9.17, 15) is 13.2 Å². The van der Waals surface area contributed by atoms with Crippen LogP contribution in [0.4, 0.5) is 0 Å². The van der Waals surface area contributed by atoms with Gasteiger partial charge in [0, 0.05) is 26.1 Å². The molecule has 7 heteroatoms. The summed E-state index contributed by atoms with van der Waals surface area (Å²) in [5.74, 6) is 0.805. The molecule has 0 spiro atoms. The van der Waals surface area contributed by atoms with E-state index in [-0.39, 0.29) is 23.5 Å². The Labute approximate surface area is 127 Å². The minimum absolute atomic E-state index is 0.0843. The fourth-order valence-corrected chi connectivity index (χ4v) is 4.90. The lowest BCUT2D eigenvalue weighted by Gasteiger charge is -2.31. The van der Waals surface area contributed by atoms with E-state index in [0.29, 0.717) is 31.9 Å². The molecule has 0 radical (unpaired) electrons. The average Bonchev–Trinajstić information content (AvgIpc) is 2.80. The van der Waals surface area contributed by atoms with Crippen molar-refractivity contribution in [1.29, 1.82) is 0 Å². The monoisotopic (exact) mass is 318 g/mol. The van der Waals surface area contributed by atoms with Crippen molar-refractivity contribution in [3.05, 3.63) is 0 Å². The van der Waals surface area contributed by atoms with Gasteiger partial charge in [0.15, 0.2) is 9.84 Å². The standard InChI is InChI=1S/C14H26N2O4S/c1-20-8-7-16(13-4-9-21(18,19)11-13)14(17)10-12-2-5-15-6-3-12/h12-13,15H,2-11H2,1H3. The molecule has 2 fully saturated rings. The Kier molecular flexibility index (Phi) is 6.01. The second kappa shape index (κ2) is 7.56. The lowest BCUT2D eigenvalue weighted by atomic mass is 9.94. The number of methoxy groups -OCH3 is 1. The summed E-state index contributed by atoms with van der Waals surface area (Å²) >= 11 is 0. The van der Waals surface area contributed by atoms with Crippen LogP contribution in [0.3, 0.4) is 0 Å². The Morgan fingerprint density at radius 3 is 2.57 bits per heavy atom. The number of nitrogens with one attached hydrogen (secondary N) is 1. The van der Waals surface area contributed by atoms with Gasteiger partial charge in [-0.3, -0.25) is 4.79 Å². The quantitative estimate of drug-likeness (QED) is 0.748. The van der Waals surface area contributed by atoms with Crippen molar-refractivity contribution >= 4 is 15.7 Å². The molecule has 21 heavy (non-hydrogen) atoms. The molecule has 0 aromatic heterocycles. The van der Waals surface area contributed by atoms with Crippen LogP contribution in [0.15, 0.2) is 0 Å². The number of piperidine rings is 1. The molecule has 2 heterocycles. The normalized spacial score (nSPS) is 25.9. The van der Waals surface area contributed by atoms with Crippen molar-refractivity contribution in [3.8, 4) is 0 Å². The molecule has 1 N–H and O–H groups in total. The van der Waals surface area contributed by atoms with E-state index in [4.69, 9.17) is 4.74 Å². The van der Waals surface area contributed by atoms with Crippen LogP contribution in [0.5, 0.6) is 0 Å². The third-order valence-electron chi connectivity index (χ3n) is 4.43. The van der Waals surface area contributed by atoms with Crippen molar-refractivity contribution < 1.29 is 17.9 Å². The highest BCUT2D eigenvalue weighted by molar-refractivity contribution is 7.91. The Morgan fingerprint density at radius 1 is 1.29 bits per heavy atom. The fourth-order valence-electron chi connectivity index (χ4n) is 3.17. The molecule has 2 aliphatic heterocycles. The number of ether oxygens (including phenoxy) is 1. The molecule has 1 atom stereocenters. The van der Waals surface area contributed by atoms with Gasteiger partial charge in [-0.1, -0.05) is 0 Å². The Bertz CT molecular complexity index is 446. The third-order valence-corrected chi connectivity index (χ3v) is 6.18. The van der Waals surface area contributed by atoms with Crippen molar-refractivity contribution in [1.82, 2.24) is 10.2 Å².